The Morgan fingerprint density at radius 2 is 2.00 bits per heavy atom. The van der Waals surface area contributed by atoms with Crippen LogP contribution in [-0.4, -0.2) is 24.4 Å². The number of anilines is 1. The summed E-state index contributed by atoms with van der Waals surface area (Å²) in [7, 11) is 0. The van der Waals surface area contributed by atoms with Crippen molar-refractivity contribution in [2.24, 2.45) is 17.8 Å². The highest BCUT2D eigenvalue weighted by molar-refractivity contribution is 6.00. The summed E-state index contributed by atoms with van der Waals surface area (Å²) in [5.74, 6) is -0.0479. The number of nitrogens with zero attached hydrogens (tertiary/aromatic N) is 1. The molecule has 130 valence electrons. The Hall–Kier alpha value is -1.91. The van der Waals surface area contributed by atoms with E-state index >= 15 is 0 Å². The summed E-state index contributed by atoms with van der Waals surface area (Å²) in [6, 6.07) is 6.39. The molecule has 0 bridgehead atoms. The zero-order valence-electron chi connectivity index (χ0n) is 14.3. The van der Waals surface area contributed by atoms with Crippen LogP contribution >= 0.6 is 0 Å². The minimum absolute atomic E-state index is 0.0758. The number of carbonyl (C=O) groups is 2. The summed E-state index contributed by atoms with van der Waals surface area (Å²) < 4.78 is 13.9. The van der Waals surface area contributed by atoms with Crippen LogP contribution in [0.15, 0.2) is 24.3 Å². The van der Waals surface area contributed by atoms with Crippen LogP contribution in [0.3, 0.4) is 0 Å². The van der Waals surface area contributed by atoms with E-state index in [1.165, 1.54) is 17.4 Å². The SMILES string of the molecule is CC1CCCC(NC(=O)C2CC(=O)N(c3ccccc3F)C2)C1C. The molecule has 1 aliphatic carbocycles. The zero-order valence-corrected chi connectivity index (χ0v) is 14.3. The van der Waals surface area contributed by atoms with E-state index in [2.05, 4.69) is 19.2 Å². The first-order valence-corrected chi connectivity index (χ1v) is 8.82. The second-order valence-corrected chi connectivity index (χ2v) is 7.24. The molecule has 1 aromatic rings. The third-order valence-electron chi connectivity index (χ3n) is 5.67. The number of amides is 2. The van der Waals surface area contributed by atoms with E-state index in [0.29, 0.717) is 11.8 Å². The highest BCUT2D eigenvalue weighted by Crippen LogP contribution is 2.31. The molecule has 0 spiro atoms. The molecule has 2 amide bonds. The topological polar surface area (TPSA) is 49.4 Å². The van der Waals surface area contributed by atoms with E-state index < -0.39 is 11.7 Å². The van der Waals surface area contributed by atoms with Crippen LogP contribution < -0.4 is 10.2 Å². The summed E-state index contributed by atoms with van der Waals surface area (Å²) in [4.78, 5) is 26.2. The fourth-order valence-electron chi connectivity index (χ4n) is 3.87. The van der Waals surface area contributed by atoms with Crippen molar-refractivity contribution < 1.29 is 14.0 Å². The molecule has 24 heavy (non-hydrogen) atoms. The van der Waals surface area contributed by atoms with Gasteiger partial charge in [0.15, 0.2) is 0 Å². The average Bonchev–Trinajstić information content (AvgIpc) is 2.94. The van der Waals surface area contributed by atoms with Gasteiger partial charge in [0.2, 0.25) is 11.8 Å². The van der Waals surface area contributed by atoms with Gasteiger partial charge < -0.3 is 10.2 Å². The maximum atomic E-state index is 13.9. The van der Waals surface area contributed by atoms with Crippen molar-refractivity contribution in [1.82, 2.24) is 5.32 Å². The fourth-order valence-corrected chi connectivity index (χ4v) is 3.87. The molecule has 3 rings (SSSR count). The number of halogens is 1. The van der Waals surface area contributed by atoms with Crippen LogP contribution in [0.1, 0.15) is 39.5 Å². The van der Waals surface area contributed by atoms with Gasteiger partial charge in [-0.15, -0.1) is 0 Å². The lowest BCUT2D eigenvalue weighted by Crippen LogP contribution is -2.46. The Morgan fingerprint density at radius 3 is 2.75 bits per heavy atom. The minimum Gasteiger partial charge on any atom is -0.353 e. The largest absolute Gasteiger partial charge is 0.353 e. The lowest BCUT2D eigenvalue weighted by atomic mass is 9.78. The second-order valence-electron chi connectivity index (χ2n) is 7.24. The highest BCUT2D eigenvalue weighted by atomic mass is 19.1. The molecule has 1 aliphatic heterocycles. The van der Waals surface area contributed by atoms with Crippen molar-refractivity contribution in [3.8, 4) is 0 Å². The van der Waals surface area contributed by atoms with E-state index in [1.54, 1.807) is 18.2 Å². The number of benzene rings is 1. The molecule has 0 aromatic heterocycles. The van der Waals surface area contributed by atoms with Gasteiger partial charge in [0.05, 0.1) is 11.6 Å². The van der Waals surface area contributed by atoms with E-state index in [9.17, 15) is 14.0 Å². The number of hydrogen-bond acceptors (Lipinski definition) is 2. The molecule has 0 radical (unpaired) electrons. The summed E-state index contributed by atoms with van der Waals surface area (Å²) in [5.41, 5.74) is 0.262. The highest BCUT2D eigenvalue weighted by Gasteiger charge is 2.38. The van der Waals surface area contributed by atoms with E-state index in [-0.39, 0.29) is 36.5 Å². The van der Waals surface area contributed by atoms with Crippen molar-refractivity contribution in [1.29, 1.82) is 0 Å². The van der Waals surface area contributed by atoms with Gasteiger partial charge in [-0.1, -0.05) is 38.8 Å². The molecular formula is C19H25FN2O2. The number of para-hydroxylation sites is 1. The molecule has 4 atom stereocenters. The second kappa shape index (κ2) is 6.91. The van der Waals surface area contributed by atoms with Gasteiger partial charge in [-0.3, -0.25) is 9.59 Å². The van der Waals surface area contributed by atoms with Crippen LogP contribution in [0.2, 0.25) is 0 Å². The Kier molecular flexibility index (Phi) is 4.88. The maximum absolute atomic E-state index is 13.9. The first-order valence-electron chi connectivity index (χ1n) is 8.82. The van der Waals surface area contributed by atoms with E-state index in [1.807, 2.05) is 0 Å². The smallest absolute Gasteiger partial charge is 0.227 e. The lowest BCUT2D eigenvalue weighted by Gasteiger charge is -2.35. The molecule has 1 heterocycles. The molecule has 1 saturated carbocycles. The molecule has 4 nitrogen and oxygen atoms in total. The quantitative estimate of drug-likeness (QED) is 0.924. The van der Waals surface area contributed by atoms with Crippen LogP contribution in [0.4, 0.5) is 10.1 Å². The zero-order chi connectivity index (χ0) is 17.3. The van der Waals surface area contributed by atoms with Gasteiger partial charge in [0, 0.05) is 19.0 Å². The molecule has 4 unspecified atom stereocenters. The summed E-state index contributed by atoms with van der Waals surface area (Å²) in [6.45, 7) is 4.66. The van der Waals surface area contributed by atoms with Gasteiger partial charge >= 0.3 is 0 Å². The summed E-state index contributed by atoms with van der Waals surface area (Å²) in [5, 5.41) is 3.14. The van der Waals surface area contributed by atoms with Gasteiger partial charge in [-0.05, 0) is 30.4 Å². The van der Waals surface area contributed by atoms with Crippen molar-refractivity contribution >= 4 is 17.5 Å². The molecular weight excluding hydrogens is 307 g/mol. The van der Waals surface area contributed by atoms with Gasteiger partial charge in [0.25, 0.3) is 0 Å². The van der Waals surface area contributed by atoms with Crippen molar-refractivity contribution in [2.75, 3.05) is 11.4 Å². The predicted octanol–water partition coefficient (Wildman–Crippen LogP) is 3.12. The summed E-state index contributed by atoms with van der Waals surface area (Å²) >= 11 is 0. The van der Waals surface area contributed by atoms with Gasteiger partial charge in [-0.25, -0.2) is 4.39 Å². The fraction of sp³-hybridized carbons (Fsp3) is 0.579. The lowest BCUT2D eigenvalue weighted by molar-refractivity contribution is -0.127. The van der Waals surface area contributed by atoms with Gasteiger partial charge in [0.1, 0.15) is 5.82 Å². The number of nitrogens with one attached hydrogen (secondary N) is 1. The third-order valence-corrected chi connectivity index (χ3v) is 5.67. The standard InChI is InChI=1S/C19H25FN2O2/c1-12-6-5-8-16(13(12)2)21-19(24)14-10-18(23)22(11-14)17-9-4-3-7-15(17)20/h3-4,7,9,12-14,16H,5-6,8,10-11H2,1-2H3,(H,21,24). The Bertz CT molecular complexity index is 634. The number of rotatable bonds is 3. The van der Waals surface area contributed by atoms with Crippen molar-refractivity contribution in [3.05, 3.63) is 30.1 Å². The summed E-state index contributed by atoms with van der Waals surface area (Å²) in [6.07, 6.45) is 3.48. The first kappa shape index (κ1) is 16.9. The number of hydrogen-bond donors (Lipinski definition) is 1. The molecule has 2 aliphatic rings. The minimum atomic E-state index is -0.429. The molecule has 1 saturated heterocycles. The predicted molar refractivity (Wildman–Crippen MR) is 91.0 cm³/mol. The van der Waals surface area contributed by atoms with Crippen LogP contribution in [0.5, 0.6) is 0 Å². The van der Waals surface area contributed by atoms with Gasteiger partial charge in [-0.2, -0.15) is 0 Å². The van der Waals surface area contributed by atoms with E-state index in [0.717, 1.165) is 12.8 Å². The van der Waals surface area contributed by atoms with E-state index in [4.69, 9.17) is 0 Å². The normalized spacial score (nSPS) is 30.5. The van der Waals surface area contributed by atoms with Crippen molar-refractivity contribution in [2.45, 2.75) is 45.6 Å². The van der Waals surface area contributed by atoms with Crippen LogP contribution in [-0.2, 0) is 9.59 Å². The maximum Gasteiger partial charge on any atom is 0.227 e. The Morgan fingerprint density at radius 1 is 1.25 bits per heavy atom. The van der Waals surface area contributed by atoms with Crippen molar-refractivity contribution in [3.63, 3.8) is 0 Å². The molecule has 5 heteroatoms. The number of carbonyl (C=O) groups excluding carboxylic acids is 2. The molecule has 1 aromatic carbocycles. The third kappa shape index (κ3) is 3.30. The molecule has 1 N–H and O–H groups in total. The van der Waals surface area contributed by atoms with Crippen LogP contribution in [0.25, 0.3) is 0 Å². The van der Waals surface area contributed by atoms with Crippen LogP contribution in [0, 0.1) is 23.6 Å². The monoisotopic (exact) mass is 332 g/mol. The Labute approximate surface area is 142 Å². The first-order chi connectivity index (χ1) is 11.5. The average molecular weight is 332 g/mol. The molecule has 2 fully saturated rings. The Balaban J connectivity index is 1.65.